The fourth-order valence-electron chi connectivity index (χ4n) is 2.59. The Bertz CT molecular complexity index is 490. The second-order valence-corrected chi connectivity index (χ2v) is 6.58. The molecule has 1 unspecified atom stereocenters. The molecule has 21 heavy (non-hydrogen) atoms. The van der Waals surface area contributed by atoms with Gasteiger partial charge in [-0.25, -0.2) is 0 Å². The van der Waals surface area contributed by atoms with Crippen molar-refractivity contribution in [2.24, 2.45) is 0 Å². The van der Waals surface area contributed by atoms with Gasteiger partial charge in [0.15, 0.2) is 0 Å². The molecule has 1 fully saturated rings. The van der Waals surface area contributed by atoms with Crippen molar-refractivity contribution in [3.05, 3.63) is 33.9 Å². The van der Waals surface area contributed by atoms with E-state index < -0.39 is 0 Å². The van der Waals surface area contributed by atoms with Gasteiger partial charge >= 0.3 is 0 Å². The molecule has 0 aromatic heterocycles. The summed E-state index contributed by atoms with van der Waals surface area (Å²) in [5, 5.41) is 14.5. The van der Waals surface area contributed by atoms with Gasteiger partial charge in [-0.1, -0.05) is 19.1 Å². The first-order valence-electron chi connectivity index (χ1n) is 7.41. The molecule has 6 heteroatoms. The normalized spacial score (nSPS) is 18.1. The van der Waals surface area contributed by atoms with Crippen LogP contribution in [0, 0.1) is 10.1 Å². The van der Waals surface area contributed by atoms with E-state index in [1.165, 1.54) is 12.2 Å². The molecule has 1 aliphatic rings. The Kier molecular flexibility index (Phi) is 5.87. The van der Waals surface area contributed by atoms with E-state index in [2.05, 4.69) is 24.2 Å². The lowest BCUT2D eigenvalue weighted by Crippen LogP contribution is -2.31. The molecular formula is C15H23N3O2S. The Labute approximate surface area is 130 Å². The fourth-order valence-corrected chi connectivity index (χ4v) is 3.89. The van der Waals surface area contributed by atoms with Gasteiger partial charge in [0, 0.05) is 31.0 Å². The highest BCUT2D eigenvalue weighted by atomic mass is 32.2. The Balaban J connectivity index is 2.20. The number of para-hydroxylation sites is 1. The van der Waals surface area contributed by atoms with Crippen LogP contribution in [0.3, 0.4) is 0 Å². The summed E-state index contributed by atoms with van der Waals surface area (Å²) in [6.07, 6.45) is 2.15. The molecule has 1 aromatic rings. The fraction of sp³-hybridized carbons (Fsp3) is 0.600. The first kappa shape index (κ1) is 16.1. The van der Waals surface area contributed by atoms with Crippen LogP contribution >= 0.6 is 11.8 Å². The summed E-state index contributed by atoms with van der Waals surface area (Å²) in [5.74, 6) is 2.37. The molecule has 1 atom stereocenters. The van der Waals surface area contributed by atoms with Gasteiger partial charge in [0.05, 0.1) is 4.92 Å². The number of thioether (sulfide) groups is 1. The minimum atomic E-state index is -0.299. The van der Waals surface area contributed by atoms with Crippen LogP contribution in [0.25, 0.3) is 0 Å². The number of nitrogens with one attached hydrogen (secondary N) is 1. The lowest BCUT2D eigenvalue weighted by molar-refractivity contribution is -0.384. The number of benzene rings is 1. The van der Waals surface area contributed by atoms with Crippen LogP contribution in [0.4, 0.5) is 11.4 Å². The van der Waals surface area contributed by atoms with E-state index in [1.807, 2.05) is 17.8 Å². The largest absolute Gasteiger partial charge is 0.379 e. The van der Waals surface area contributed by atoms with E-state index in [0.717, 1.165) is 30.8 Å². The van der Waals surface area contributed by atoms with Gasteiger partial charge in [-0.3, -0.25) is 15.0 Å². The molecule has 0 radical (unpaired) electrons. The second kappa shape index (κ2) is 7.66. The average Bonchev–Trinajstić information content (AvgIpc) is 2.99. The molecule has 5 nitrogen and oxygen atoms in total. The van der Waals surface area contributed by atoms with Crippen molar-refractivity contribution in [1.82, 2.24) is 4.90 Å². The third kappa shape index (κ3) is 4.11. The van der Waals surface area contributed by atoms with E-state index in [4.69, 9.17) is 0 Å². The summed E-state index contributed by atoms with van der Waals surface area (Å²) in [4.78, 5) is 13.2. The average molecular weight is 309 g/mol. The monoisotopic (exact) mass is 309 g/mol. The van der Waals surface area contributed by atoms with Crippen molar-refractivity contribution in [2.75, 3.05) is 30.4 Å². The highest BCUT2D eigenvalue weighted by Crippen LogP contribution is 2.30. The van der Waals surface area contributed by atoms with Gasteiger partial charge in [0.1, 0.15) is 5.69 Å². The number of nitro groups is 1. The van der Waals surface area contributed by atoms with Gasteiger partial charge in [0.25, 0.3) is 5.69 Å². The Morgan fingerprint density at radius 3 is 2.95 bits per heavy atom. The maximum Gasteiger partial charge on any atom is 0.292 e. The predicted molar refractivity (Wildman–Crippen MR) is 89.1 cm³/mol. The number of nitro benzene ring substituents is 1. The molecule has 1 aromatic carbocycles. The zero-order valence-corrected chi connectivity index (χ0v) is 13.5. The molecule has 0 amide bonds. The number of rotatable bonds is 7. The number of nitrogens with zero attached hydrogens (tertiary/aromatic N) is 2. The number of anilines is 1. The van der Waals surface area contributed by atoms with E-state index in [1.54, 1.807) is 12.1 Å². The van der Waals surface area contributed by atoms with E-state index in [9.17, 15) is 10.1 Å². The molecule has 1 heterocycles. The molecule has 0 aliphatic carbocycles. The summed E-state index contributed by atoms with van der Waals surface area (Å²) >= 11 is 1.98. The van der Waals surface area contributed by atoms with Crippen molar-refractivity contribution in [3.8, 4) is 0 Å². The van der Waals surface area contributed by atoms with Crippen molar-refractivity contribution in [1.29, 1.82) is 0 Å². The maximum atomic E-state index is 11.2. The summed E-state index contributed by atoms with van der Waals surface area (Å²) in [6.45, 7) is 3.56. The van der Waals surface area contributed by atoms with Crippen molar-refractivity contribution in [2.45, 2.75) is 32.4 Å². The lowest BCUT2D eigenvalue weighted by Gasteiger charge is -2.24. The van der Waals surface area contributed by atoms with Crippen LogP contribution in [-0.2, 0) is 6.54 Å². The predicted octanol–water partition coefficient (Wildman–Crippen LogP) is 3.35. The lowest BCUT2D eigenvalue weighted by atomic mass is 10.1. The SMILES string of the molecule is CCCNc1c(CN(C)C2CCSC2)cccc1[N+](=O)[O-]. The quantitative estimate of drug-likeness (QED) is 0.618. The molecule has 1 aliphatic heterocycles. The zero-order valence-electron chi connectivity index (χ0n) is 12.7. The van der Waals surface area contributed by atoms with Gasteiger partial charge in [-0.05, 0) is 31.2 Å². The van der Waals surface area contributed by atoms with E-state index in [0.29, 0.717) is 11.7 Å². The van der Waals surface area contributed by atoms with E-state index in [-0.39, 0.29) is 10.6 Å². The Morgan fingerprint density at radius 2 is 2.33 bits per heavy atom. The van der Waals surface area contributed by atoms with Gasteiger partial charge in [-0.2, -0.15) is 11.8 Å². The first-order chi connectivity index (χ1) is 10.1. The molecule has 2 rings (SSSR count). The summed E-state index contributed by atoms with van der Waals surface area (Å²) in [7, 11) is 2.11. The van der Waals surface area contributed by atoms with Crippen LogP contribution in [0.1, 0.15) is 25.3 Å². The molecular weight excluding hydrogens is 286 g/mol. The summed E-state index contributed by atoms with van der Waals surface area (Å²) < 4.78 is 0. The minimum Gasteiger partial charge on any atom is -0.379 e. The summed E-state index contributed by atoms with van der Waals surface area (Å²) in [5.41, 5.74) is 1.87. The molecule has 116 valence electrons. The highest BCUT2D eigenvalue weighted by Gasteiger charge is 2.23. The Hall–Kier alpha value is -1.27. The molecule has 0 spiro atoms. The zero-order chi connectivity index (χ0) is 15.2. The van der Waals surface area contributed by atoms with Gasteiger partial charge in [-0.15, -0.1) is 0 Å². The van der Waals surface area contributed by atoms with E-state index >= 15 is 0 Å². The first-order valence-corrected chi connectivity index (χ1v) is 8.57. The van der Waals surface area contributed by atoms with Crippen molar-refractivity contribution < 1.29 is 4.92 Å². The highest BCUT2D eigenvalue weighted by molar-refractivity contribution is 7.99. The van der Waals surface area contributed by atoms with Gasteiger partial charge in [0.2, 0.25) is 0 Å². The molecule has 1 saturated heterocycles. The number of hydrogen-bond donors (Lipinski definition) is 1. The molecule has 0 saturated carbocycles. The van der Waals surface area contributed by atoms with Crippen LogP contribution in [-0.4, -0.2) is 41.0 Å². The minimum absolute atomic E-state index is 0.176. The maximum absolute atomic E-state index is 11.2. The Morgan fingerprint density at radius 1 is 1.52 bits per heavy atom. The van der Waals surface area contributed by atoms with Crippen molar-refractivity contribution in [3.63, 3.8) is 0 Å². The molecule has 1 N–H and O–H groups in total. The smallest absolute Gasteiger partial charge is 0.292 e. The third-order valence-electron chi connectivity index (χ3n) is 3.83. The second-order valence-electron chi connectivity index (χ2n) is 5.43. The third-order valence-corrected chi connectivity index (χ3v) is 4.97. The number of hydrogen-bond acceptors (Lipinski definition) is 5. The van der Waals surface area contributed by atoms with Crippen molar-refractivity contribution >= 4 is 23.1 Å². The molecule has 0 bridgehead atoms. The van der Waals surface area contributed by atoms with Crippen LogP contribution in [0.5, 0.6) is 0 Å². The standard InChI is InChI=1S/C15H23N3O2S/c1-3-8-16-15-12(5-4-6-14(15)18(19)20)10-17(2)13-7-9-21-11-13/h4-6,13,16H,3,7-11H2,1-2H3. The van der Waals surface area contributed by atoms with Crippen LogP contribution in [0.15, 0.2) is 18.2 Å². The van der Waals surface area contributed by atoms with Gasteiger partial charge < -0.3 is 5.32 Å². The van der Waals surface area contributed by atoms with Crippen LogP contribution < -0.4 is 5.32 Å². The van der Waals surface area contributed by atoms with Crippen LogP contribution in [0.2, 0.25) is 0 Å². The summed E-state index contributed by atoms with van der Waals surface area (Å²) in [6, 6.07) is 5.92. The topological polar surface area (TPSA) is 58.4 Å².